The van der Waals surface area contributed by atoms with Gasteiger partial charge in [-0.15, -0.1) is 0 Å². The molecule has 0 atom stereocenters. The van der Waals surface area contributed by atoms with Crippen molar-refractivity contribution in [3.05, 3.63) is 94.3 Å². The second-order valence-corrected chi connectivity index (χ2v) is 6.96. The molecule has 2 N–H and O–H groups in total. The third-order valence-corrected chi connectivity index (χ3v) is 4.53. The van der Waals surface area contributed by atoms with Gasteiger partial charge in [0.1, 0.15) is 5.82 Å². The van der Waals surface area contributed by atoms with Crippen molar-refractivity contribution in [1.29, 1.82) is 0 Å². The fraction of sp³-hybridized carbons (Fsp3) is 0.182. The highest BCUT2D eigenvalue weighted by molar-refractivity contribution is 5.77. The number of para-hydroxylation sites is 1. The van der Waals surface area contributed by atoms with Gasteiger partial charge in [0.2, 0.25) is 5.95 Å². The number of anilines is 1. The van der Waals surface area contributed by atoms with E-state index in [4.69, 9.17) is 0 Å². The lowest BCUT2D eigenvalue weighted by Gasteiger charge is -2.16. The van der Waals surface area contributed by atoms with Crippen molar-refractivity contribution >= 4 is 16.9 Å². The Morgan fingerprint density at radius 2 is 1.66 bits per heavy atom. The van der Waals surface area contributed by atoms with E-state index in [0.29, 0.717) is 42.3 Å². The first-order valence-electron chi connectivity index (χ1n) is 9.42. The molecule has 0 aliphatic heterocycles. The normalized spacial score (nSPS) is 11.1. The van der Waals surface area contributed by atoms with Gasteiger partial charge in [-0.25, -0.2) is 15.0 Å². The summed E-state index contributed by atoms with van der Waals surface area (Å²) in [6.07, 6.45) is 3.63. The molecule has 0 spiro atoms. The monoisotopic (exact) mass is 386 g/mol. The van der Waals surface area contributed by atoms with Crippen LogP contribution >= 0.6 is 0 Å². The maximum Gasteiger partial charge on any atom is 0.258 e. The number of hydrogen-bond acceptors (Lipinski definition) is 6. The van der Waals surface area contributed by atoms with Crippen molar-refractivity contribution in [3.63, 3.8) is 0 Å². The Morgan fingerprint density at radius 3 is 2.45 bits per heavy atom. The molecule has 29 heavy (non-hydrogen) atoms. The molecule has 2 heterocycles. The number of nitrogens with zero attached hydrogens (tertiary/aromatic N) is 4. The maximum atomic E-state index is 12.2. The number of nitrogens with one attached hydrogen (secondary N) is 2. The smallest absolute Gasteiger partial charge is 0.258 e. The predicted molar refractivity (Wildman–Crippen MR) is 113 cm³/mol. The third-order valence-electron chi connectivity index (χ3n) is 4.53. The van der Waals surface area contributed by atoms with Crippen molar-refractivity contribution in [2.24, 2.45) is 0 Å². The summed E-state index contributed by atoms with van der Waals surface area (Å²) in [4.78, 5) is 30.4. The number of benzene rings is 2. The molecular weight excluding hydrogens is 364 g/mol. The maximum absolute atomic E-state index is 12.2. The Balaban J connectivity index is 1.36. The molecule has 146 valence electrons. The highest BCUT2D eigenvalue weighted by atomic mass is 16.1. The van der Waals surface area contributed by atoms with E-state index < -0.39 is 0 Å². The van der Waals surface area contributed by atoms with Gasteiger partial charge in [-0.3, -0.25) is 9.69 Å². The summed E-state index contributed by atoms with van der Waals surface area (Å²) in [5, 5.41) is 3.82. The molecule has 2 aromatic carbocycles. The van der Waals surface area contributed by atoms with E-state index in [1.165, 1.54) is 5.56 Å². The van der Waals surface area contributed by atoms with E-state index >= 15 is 0 Å². The van der Waals surface area contributed by atoms with Crippen LogP contribution in [-0.2, 0) is 19.6 Å². The van der Waals surface area contributed by atoms with Crippen molar-refractivity contribution in [2.45, 2.75) is 19.6 Å². The zero-order valence-corrected chi connectivity index (χ0v) is 16.2. The lowest BCUT2D eigenvalue weighted by molar-refractivity contribution is 0.310. The van der Waals surface area contributed by atoms with Gasteiger partial charge in [0.25, 0.3) is 5.56 Å². The Labute approximate surface area is 168 Å². The summed E-state index contributed by atoms with van der Waals surface area (Å²) in [6.45, 7) is 1.85. The van der Waals surface area contributed by atoms with E-state index in [2.05, 4.69) is 42.3 Å². The van der Waals surface area contributed by atoms with Crippen LogP contribution in [0.4, 0.5) is 5.95 Å². The van der Waals surface area contributed by atoms with Crippen LogP contribution in [-0.4, -0.2) is 31.9 Å². The first kappa shape index (κ1) is 18.8. The van der Waals surface area contributed by atoms with Gasteiger partial charge >= 0.3 is 0 Å². The summed E-state index contributed by atoms with van der Waals surface area (Å²) >= 11 is 0. The van der Waals surface area contributed by atoms with Crippen LogP contribution in [0.2, 0.25) is 0 Å². The van der Waals surface area contributed by atoms with Crippen LogP contribution in [0.15, 0.2) is 71.8 Å². The van der Waals surface area contributed by atoms with Gasteiger partial charge in [0, 0.05) is 31.0 Å². The molecule has 0 radical (unpaired) electrons. The zero-order chi connectivity index (χ0) is 20.1. The minimum Gasteiger partial charge on any atom is -0.350 e. The average Bonchev–Trinajstić information content (AvgIpc) is 2.74. The van der Waals surface area contributed by atoms with Gasteiger partial charge < -0.3 is 10.3 Å². The van der Waals surface area contributed by atoms with Crippen molar-refractivity contribution in [2.75, 3.05) is 12.4 Å². The van der Waals surface area contributed by atoms with Gasteiger partial charge in [-0.1, -0.05) is 42.5 Å². The molecule has 4 rings (SSSR count). The average molecular weight is 386 g/mol. The molecule has 0 amide bonds. The molecule has 0 fully saturated rings. The number of aromatic amines is 1. The fourth-order valence-corrected chi connectivity index (χ4v) is 3.14. The highest BCUT2D eigenvalue weighted by Gasteiger charge is 2.08. The largest absolute Gasteiger partial charge is 0.350 e. The minimum absolute atomic E-state index is 0.115. The molecule has 0 aliphatic rings. The highest BCUT2D eigenvalue weighted by Crippen LogP contribution is 2.09. The SMILES string of the molecule is CN(Cc1cnc(NCc2ccccc2)nc1)Cc1nc2ccccc2c(=O)[nH]1. The predicted octanol–water partition coefficient (Wildman–Crippen LogP) is 2.96. The van der Waals surface area contributed by atoms with Crippen molar-refractivity contribution in [1.82, 2.24) is 24.8 Å². The standard InChI is InChI=1S/C22H22N6O/c1-28(15-20-26-19-10-6-5-9-18(19)21(29)27-20)14-17-12-24-22(25-13-17)23-11-16-7-3-2-4-8-16/h2-10,12-13H,11,14-15H2,1H3,(H,23,24,25)(H,26,27,29). The Hall–Kier alpha value is -3.58. The van der Waals surface area contributed by atoms with Crippen LogP contribution in [0.3, 0.4) is 0 Å². The number of fused-ring (bicyclic) bond motifs is 1. The lowest BCUT2D eigenvalue weighted by atomic mass is 10.2. The molecule has 0 bridgehead atoms. The molecule has 0 unspecified atom stereocenters. The molecule has 7 nitrogen and oxygen atoms in total. The topological polar surface area (TPSA) is 86.8 Å². The number of hydrogen-bond donors (Lipinski definition) is 2. The van der Waals surface area contributed by atoms with E-state index in [-0.39, 0.29) is 5.56 Å². The summed E-state index contributed by atoms with van der Waals surface area (Å²) < 4.78 is 0. The second kappa shape index (κ2) is 8.62. The molecule has 0 saturated carbocycles. The number of aromatic nitrogens is 4. The molecular formula is C22H22N6O. The first-order valence-corrected chi connectivity index (χ1v) is 9.42. The van der Waals surface area contributed by atoms with Gasteiger partial charge in [-0.2, -0.15) is 0 Å². The second-order valence-electron chi connectivity index (χ2n) is 6.96. The van der Waals surface area contributed by atoms with Gasteiger partial charge in [-0.05, 0) is 24.7 Å². The van der Waals surface area contributed by atoms with Crippen molar-refractivity contribution < 1.29 is 0 Å². The number of rotatable bonds is 7. The Morgan fingerprint density at radius 1 is 0.931 bits per heavy atom. The zero-order valence-electron chi connectivity index (χ0n) is 16.2. The van der Waals surface area contributed by atoms with Crippen LogP contribution in [0.5, 0.6) is 0 Å². The van der Waals surface area contributed by atoms with Gasteiger partial charge in [0.15, 0.2) is 0 Å². The molecule has 0 aliphatic carbocycles. The molecule has 7 heteroatoms. The summed E-state index contributed by atoms with van der Waals surface area (Å²) in [5.74, 6) is 1.24. The first-order chi connectivity index (χ1) is 14.2. The van der Waals surface area contributed by atoms with Crippen LogP contribution in [0.1, 0.15) is 17.0 Å². The van der Waals surface area contributed by atoms with Crippen LogP contribution in [0, 0.1) is 0 Å². The molecule has 2 aromatic heterocycles. The summed E-state index contributed by atoms with van der Waals surface area (Å²) in [7, 11) is 1.97. The Bertz CT molecular complexity index is 1140. The van der Waals surface area contributed by atoms with E-state index in [1.807, 2.05) is 55.8 Å². The minimum atomic E-state index is -0.115. The Kier molecular flexibility index (Phi) is 5.58. The van der Waals surface area contributed by atoms with E-state index in [1.54, 1.807) is 6.07 Å². The van der Waals surface area contributed by atoms with Crippen LogP contribution in [0.25, 0.3) is 10.9 Å². The van der Waals surface area contributed by atoms with E-state index in [0.717, 1.165) is 5.56 Å². The summed E-state index contributed by atoms with van der Waals surface area (Å²) in [6, 6.07) is 17.5. The summed E-state index contributed by atoms with van der Waals surface area (Å²) in [5.41, 5.74) is 2.76. The lowest BCUT2D eigenvalue weighted by Crippen LogP contribution is -2.22. The number of H-pyrrole nitrogens is 1. The molecule has 0 saturated heterocycles. The van der Waals surface area contributed by atoms with E-state index in [9.17, 15) is 4.79 Å². The molecule has 4 aromatic rings. The van der Waals surface area contributed by atoms with Gasteiger partial charge in [0.05, 0.1) is 17.4 Å². The van der Waals surface area contributed by atoms with Crippen molar-refractivity contribution in [3.8, 4) is 0 Å². The third kappa shape index (κ3) is 4.83. The fourth-order valence-electron chi connectivity index (χ4n) is 3.14. The van der Waals surface area contributed by atoms with Crippen LogP contribution < -0.4 is 10.9 Å². The quantitative estimate of drug-likeness (QED) is 0.508.